The Morgan fingerprint density at radius 3 is 2.59 bits per heavy atom. The molecular formula is C24H23N3OS. The van der Waals surface area contributed by atoms with E-state index < -0.39 is 0 Å². The van der Waals surface area contributed by atoms with Crippen molar-refractivity contribution in [1.82, 2.24) is 4.98 Å². The molecule has 0 spiro atoms. The van der Waals surface area contributed by atoms with Gasteiger partial charge in [0.05, 0.1) is 23.1 Å². The Hall–Kier alpha value is -2.92. The number of nitrogens with one attached hydrogen (secondary N) is 2. The Bertz CT molecular complexity index is 1100. The molecule has 3 heterocycles. The lowest BCUT2D eigenvalue weighted by atomic mass is 9.81. The van der Waals surface area contributed by atoms with Crippen LogP contribution in [-0.2, 0) is 4.79 Å². The summed E-state index contributed by atoms with van der Waals surface area (Å²) in [4.78, 5) is 19.2. The molecule has 5 heteroatoms. The first-order chi connectivity index (χ1) is 14.1. The van der Waals surface area contributed by atoms with Crippen LogP contribution < -0.4 is 10.6 Å². The standard InChI is InChI=1S/C24H23N3OS/c1-14-10-18-19(11-15(14)2)27-24(17-6-3-4-8-25-17)23-20(26-18)12-16(13-21(23)28)22-7-5-9-29-22/h3-11,16,24,26-27H,12-13H2,1-2H3/t16-,24+/m1/s1. The maximum Gasteiger partial charge on any atom is 0.163 e. The van der Waals surface area contributed by atoms with Crippen molar-refractivity contribution in [3.8, 4) is 0 Å². The third-order valence-corrected chi connectivity index (χ3v) is 6.98. The molecule has 2 atom stereocenters. The molecule has 3 aromatic rings. The van der Waals surface area contributed by atoms with E-state index in [-0.39, 0.29) is 17.7 Å². The van der Waals surface area contributed by atoms with Gasteiger partial charge in [0.25, 0.3) is 0 Å². The molecule has 0 radical (unpaired) electrons. The van der Waals surface area contributed by atoms with Crippen molar-refractivity contribution in [3.05, 3.63) is 87.0 Å². The second-order valence-electron chi connectivity index (χ2n) is 7.88. The quantitative estimate of drug-likeness (QED) is 0.575. The van der Waals surface area contributed by atoms with Gasteiger partial charge >= 0.3 is 0 Å². The first-order valence-electron chi connectivity index (χ1n) is 9.95. The zero-order chi connectivity index (χ0) is 20.0. The molecule has 2 N–H and O–H groups in total. The molecule has 0 bridgehead atoms. The molecule has 0 amide bonds. The largest absolute Gasteiger partial charge is 0.371 e. The summed E-state index contributed by atoms with van der Waals surface area (Å²) in [6.07, 6.45) is 3.16. The third kappa shape index (κ3) is 3.25. The highest BCUT2D eigenvalue weighted by atomic mass is 32.1. The number of rotatable bonds is 2. The van der Waals surface area contributed by atoms with Crippen LogP contribution >= 0.6 is 11.3 Å². The summed E-state index contributed by atoms with van der Waals surface area (Å²) < 4.78 is 0. The summed E-state index contributed by atoms with van der Waals surface area (Å²) in [5.41, 5.74) is 7.20. The van der Waals surface area contributed by atoms with Crippen LogP contribution in [0.4, 0.5) is 11.4 Å². The lowest BCUT2D eigenvalue weighted by Gasteiger charge is -2.28. The number of carbonyl (C=O) groups is 1. The molecule has 29 heavy (non-hydrogen) atoms. The molecule has 1 aromatic carbocycles. The highest BCUT2D eigenvalue weighted by Gasteiger charge is 2.36. The van der Waals surface area contributed by atoms with Crippen LogP contribution in [0.3, 0.4) is 0 Å². The van der Waals surface area contributed by atoms with E-state index in [1.54, 1.807) is 17.5 Å². The Labute approximate surface area is 174 Å². The summed E-state index contributed by atoms with van der Waals surface area (Å²) in [5.74, 6) is 0.424. The van der Waals surface area contributed by atoms with Gasteiger partial charge in [-0.2, -0.15) is 0 Å². The fourth-order valence-corrected chi connectivity index (χ4v) is 5.14. The van der Waals surface area contributed by atoms with Crippen LogP contribution in [-0.4, -0.2) is 10.8 Å². The number of carbonyl (C=O) groups excluding carboxylic acids is 1. The lowest BCUT2D eigenvalue weighted by Crippen LogP contribution is -2.27. The van der Waals surface area contributed by atoms with E-state index in [1.807, 2.05) is 18.2 Å². The maximum absolute atomic E-state index is 13.4. The van der Waals surface area contributed by atoms with Crippen molar-refractivity contribution in [2.24, 2.45) is 0 Å². The SMILES string of the molecule is Cc1cc2c(cc1C)N[C@@H](c1ccccn1)C1=C(C[C@@H](c3cccs3)CC1=O)N2. The van der Waals surface area contributed by atoms with Gasteiger partial charge < -0.3 is 10.6 Å². The number of ketones is 1. The monoisotopic (exact) mass is 401 g/mol. The number of aromatic nitrogens is 1. The average Bonchev–Trinajstić information content (AvgIpc) is 3.20. The van der Waals surface area contributed by atoms with Gasteiger partial charge in [0.15, 0.2) is 5.78 Å². The molecular weight excluding hydrogens is 378 g/mol. The van der Waals surface area contributed by atoms with Crippen LogP contribution in [0.2, 0.25) is 0 Å². The van der Waals surface area contributed by atoms with Crippen molar-refractivity contribution in [2.75, 3.05) is 10.6 Å². The average molecular weight is 402 g/mol. The second-order valence-corrected chi connectivity index (χ2v) is 8.85. The highest BCUT2D eigenvalue weighted by molar-refractivity contribution is 7.10. The van der Waals surface area contributed by atoms with Crippen LogP contribution in [0.25, 0.3) is 0 Å². The zero-order valence-electron chi connectivity index (χ0n) is 16.5. The van der Waals surface area contributed by atoms with Crippen LogP contribution in [0, 0.1) is 13.8 Å². The van der Waals surface area contributed by atoms with E-state index >= 15 is 0 Å². The zero-order valence-corrected chi connectivity index (χ0v) is 17.3. The number of nitrogens with zero attached hydrogens (tertiary/aromatic N) is 1. The van der Waals surface area contributed by atoms with Gasteiger partial charge in [-0.1, -0.05) is 12.1 Å². The Morgan fingerprint density at radius 2 is 1.86 bits per heavy atom. The van der Waals surface area contributed by atoms with Gasteiger partial charge in [-0.3, -0.25) is 9.78 Å². The number of hydrogen-bond donors (Lipinski definition) is 2. The molecule has 5 rings (SSSR count). The normalized spacial score (nSPS) is 21.0. The molecule has 0 saturated carbocycles. The van der Waals surface area contributed by atoms with E-state index in [9.17, 15) is 4.79 Å². The van der Waals surface area contributed by atoms with Crippen molar-refractivity contribution in [3.63, 3.8) is 0 Å². The predicted octanol–water partition coefficient (Wildman–Crippen LogP) is 5.74. The Kier molecular flexibility index (Phi) is 4.47. The Balaban J connectivity index is 1.65. The van der Waals surface area contributed by atoms with E-state index in [0.717, 1.165) is 34.8 Å². The number of thiophene rings is 1. The van der Waals surface area contributed by atoms with Crippen molar-refractivity contribution in [1.29, 1.82) is 0 Å². The van der Waals surface area contributed by atoms with Crippen molar-refractivity contribution >= 4 is 28.5 Å². The van der Waals surface area contributed by atoms with Gasteiger partial charge in [0.1, 0.15) is 0 Å². The molecule has 1 aliphatic heterocycles. The minimum Gasteiger partial charge on any atom is -0.371 e. The van der Waals surface area contributed by atoms with E-state index in [2.05, 4.69) is 59.1 Å². The fourth-order valence-electron chi connectivity index (χ4n) is 4.31. The van der Waals surface area contributed by atoms with Gasteiger partial charge in [-0.25, -0.2) is 0 Å². The van der Waals surface area contributed by atoms with Gasteiger partial charge in [0, 0.05) is 34.7 Å². The van der Waals surface area contributed by atoms with Gasteiger partial charge in [-0.15, -0.1) is 11.3 Å². The number of aryl methyl sites for hydroxylation is 2. The first kappa shape index (κ1) is 18.1. The van der Waals surface area contributed by atoms with E-state index in [1.165, 1.54) is 16.0 Å². The highest BCUT2D eigenvalue weighted by Crippen LogP contribution is 2.45. The molecule has 0 fully saturated rings. The number of benzene rings is 1. The summed E-state index contributed by atoms with van der Waals surface area (Å²) in [7, 11) is 0. The molecule has 1 aliphatic carbocycles. The second kappa shape index (κ2) is 7.16. The van der Waals surface area contributed by atoms with Crippen LogP contribution in [0.5, 0.6) is 0 Å². The van der Waals surface area contributed by atoms with Gasteiger partial charge in [0.2, 0.25) is 0 Å². The Morgan fingerprint density at radius 1 is 1.03 bits per heavy atom. The van der Waals surface area contributed by atoms with Gasteiger partial charge in [-0.05, 0) is 67.1 Å². The van der Waals surface area contributed by atoms with Crippen LogP contribution in [0.15, 0.2) is 65.3 Å². The molecule has 2 aliphatic rings. The van der Waals surface area contributed by atoms with Crippen molar-refractivity contribution in [2.45, 2.75) is 38.6 Å². The summed E-state index contributed by atoms with van der Waals surface area (Å²) in [6.45, 7) is 4.23. The maximum atomic E-state index is 13.4. The minimum absolute atomic E-state index is 0.196. The summed E-state index contributed by atoms with van der Waals surface area (Å²) in [5, 5.41) is 9.33. The fraction of sp³-hybridized carbons (Fsp3) is 0.250. The number of Topliss-reactive ketones (excluding diaryl/α,β-unsaturated/α-hetero) is 1. The smallest absolute Gasteiger partial charge is 0.163 e. The molecule has 4 nitrogen and oxygen atoms in total. The number of anilines is 2. The third-order valence-electron chi connectivity index (χ3n) is 5.94. The topological polar surface area (TPSA) is 54.0 Å². The molecule has 0 saturated heterocycles. The molecule has 2 aromatic heterocycles. The number of hydrogen-bond acceptors (Lipinski definition) is 5. The minimum atomic E-state index is -0.251. The summed E-state index contributed by atoms with van der Waals surface area (Å²) in [6, 6.07) is 14.2. The summed E-state index contributed by atoms with van der Waals surface area (Å²) >= 11 is 1.73. The predicted molar refractivity (Wildman–Crippen MR) is 118 cm³/mol. The van der Waals surface area contributed by atoms with Crippen molar-refractivity contribution < 1.29 is 4.79 Å². The van der Waals surface area contributed by atoms with E-state index in [0.29, 0.717) is 6.42 Å². The lowest BCUT2D eigenvalue weighted by molar-refractivity contribution is -0.116. The number of pyridine rings is 1. The molecule has 0 unspecified atom stereocenters. The number of fused-ring (bicyclic) bond motifs is 1. The molecule has 146 valence electrons. The van der Waals surface area contributed by atoms with E-state index in [4.69, 9.17) is 0 Å². The first-order valence-corrected chi connectivity index (χ1v) is 10.8. The number of allylic oxidation sites excluding steroid dienone is 1. The van der Waals surface area contributed by atoms with Crippen LogP contribution in [0.1, 0.15) is 46.5 Å².